The third kappa shape index (κ3) is 6.72. The highest BCUT2D eigenvalue weighted by atomic mass is 127. The number of rotatable bonds is 8. The number of likely N-dealkylation sites (N-methyl/N-ethyl adjacent to an activating group) is 2. The highest BCUT2D eigenvalue weighted by Crippen LogP contribution is 2.18. The van der Waals surface area contributed by atoms with E-state index in [0.29, 0.717) is 26.2 Å². The molecule has 1 aromatic carbocycles. The summed E-state index contributed by atoms with van der Waals surface area (Å²) in [4.78, 5) is 21.0. The van der Waals surface area contributed by atoms with E-state index < -0.39 is 0 Å². The fourth-order valence-electron chi connectivity index (χ4n) is 3.31. The number of para-hydroxylation sites is 1. The van der Waals surface area contributed by atoms with Crippen LogP contribution in [0.2, 0.25) is 0 Å². The summed E-state index contributed by atoms with van der Waals surface area (Å²) in [5.41, 5.74) is 4.19. The van der Waals surface area contributed by atoms with E-state index in [1.807, 2.05) is 61.4 Å². The Hall–Kier alpha value is -2.10. The van der Waals surface area contributed by atoms with E-state index >= 15 is 0 Å². The number of nitrogens with one attached hydrogen (secondary N) is 1. The van der Waals surface area contributed by atoms with E-state index in [1.54, 1.807) is 0 Å². The summed E-state index contributed by atoms with van der Waals surface area (Å²) in [6.45, 7) is 13.0. The molecule has 1 heterocycles. The number of aryl methyl sites for hydroxylation is 2. The van der Waals surface area contributed by atoms with Gasteiger partial charge in [-0.05, 0) is 52.3 Å². The molecule has 0 aliphatic rings. The van der Waals surface area contributed by atoms with Crippen molar-refractivity contribution < 1.29 is 4.79 Å². The quantitative estimate of drug-likeness (QED) is 0.326. The van der Waals surface area contributed by atoms with E-state index in [-0.39, 0.29) is 29.9 Å². The van der Waals surface area contributed by atoms with Gasteiger partial charge in [-0.3, -0.25) is 4.79 Å². The zero-order valence-corrected chi connectivity index (χ0v) is 21.3. The average Bonchev–Trinajstić information content (AvgIpc) is 3.04. The van der Waals surface area contributed by atoms with Crippen LogP contribution >= 0.6 is 24.0 Å². The lowest BCUT2D eigenvalue weighted by Crippen LogP contribution is -2.45. The zero-order chi connectivity index (χ0) is 21.4. The largest absolute Gasteiger partial charge is 0.357 e. The van der Waals surface area contributed by atoms with Gasteiger partial charge in [0.1, 0.15) is 0 Å². The van der Waals surface area contributed by atoms with Crippen LogP contribution in [0.25, 0.3) is 5.69 Å². The maximum absolute atomic E-state index is 12.5. The maximum Gasteiger partial charge on any atom is 0.242 e. The Morgan fingerprint density at radius 1 is 1.17 bits per heavy atom. The van der Waals surface area contributed by atoms with Crippen LogP contribution in [0.5, 0.6) is 0 Å². The molecule has 0 saturated carbocycles. The molecule has 7 nitrogen and oxygen atoms in total. The molecule has 0 atom stereocenters. The second-order valence-electron chi connectivity index (χ2n) is 7.06. The van der Waals surface area contributed by atoms with Crippen LogP contribution in [0, 0.1) is 13.8 Å². The van der Waals surface area contributed by atoms with E-state index in [2.05, 4.69) is 35.5 Å². The number of hydrogen-bond acceptors (Lipinski definition) is 3. The van der Waals surface area contributed by atoms with Crippen molar-refractivity contribution in [2.75, 3.05) is 33.2 Å². The lowest BCUT2D eigenvalue weighted by molar-refractivity contribution is -0.131. The molecular weight excluding hydrogens is 491 g/mol. The van der Waals surface area contributed by atoms with Crippen LogP contribution in [-0.2, 0) is 11.3 Å². The highest BCUT2D eigenvalue weighted by Gasteiger charge is 2.15. The predicted octanol–water partition coefficient (Wildman–Crippen LogP) is 3.37. The first-order valence-electron chi connectivity index (χ1n) is 10.3. The molecule has 166 valence electrons. The third-order valence-electron chi connectivity index (χ3n) is 4.81. The summed E-state index contributed by atoms with van der Waals surface area (Å²) in [6.07, 6.45) is 0. The van der Waals surface area contributed by atoms with Crippen molar-refractivity contribution in [1.29, 1.82) is 0 Å². The molecule has 0 fully saturated rings. The van der Waals surface area contributed by atoms with Gasteiger partial charge in [-0.1, -0.05) is 18.2 Å². The third-order valence-corrected chi connectivity index (χ3v) is 4.81. The number of hydrogen-bond donors (Lipinski definition) is 1. The minimum Gasteiger partial charge on any atom is -0.357 e. The van der Waals surface area contributed by atoms with Crippen molar-refractivity contribution >= 4 is 35.8 Å². The second-order valence-corrected chi connectivity index (χ2v) is 7.06. The van der Waals surface area contributed by atoms with E-state index in [9.17, 15) is 4.79 Å². The van der Waals surface area contributed by atoms with Gasteiger partial charge in [0, 0.05) is 32.4 Å². The van der Waals surface area contributed by atoms with Gasteiger partial charge in [0.05, 0.1) is 24.5 Å². The number of amides is 1. The summed E-state index contributed by atoms with van der Waals surface area (Å²) < 4.78 is 1.96. The summed E-state index contributed by atoms with van der Waals surface area (Å²) in [7, 11) is 1.90. The molecule has 0 saturated heterocycles. The molecular formula is C22H35IN6O. The molecule has 30 heavy (non-hydrogen) atoms. The lowest BCUT2D eigenvalue weighted by Gasteiger charge is -2.25. The lowest BCUT2D eigenvalue weighted by atomic mass is 10.2. The second kappa shape index (κ2) is 12.6. The Balaban J connectivity index is 0.00000450. The van der Waals surface area contributed by atoms with Gasteiger partial charge in [0.2, 0.25) is 5.91 Å². The fraction of sp³-hybridized carbons (Fsp3) is 0.500. The fourth-order valence-corrected chi connectivity index (χ4v) is 3.31. The monoisotopic (exact) mass is 526 g/mol. The molecule has 0 spiro atoms. The molecule has 0 bridgehead atoms. The number of nitrogens with zero attached hydrogens (tertiary/aromatic N) is 5. The van der Waals surface area contributed by atoms with Crippen LogP contribution in [0.3, 0.4) is 0 Å². The molecule has 0 unspecified atom stereocenters. The minimum atomic E-state index is 0. The molecule has 0 aliphatic heterocycles. The van der Waals surface area contributed by atoms with E-state index in [0.717, 1.165) is 35.1 Å². The zero-order valence-electron chi connectivity index (χ0n) is 19.0. The first-order chi connectivity index (χ1) is 13.9. The SMILES string of the molecule is CCNC(=NCc1ccccc1-n1nc(C)cc1C)N(C)CC(=O)N(CC)CC.I. The van der Waals surface area contributed by atoms with Crippen LogP contribution < -0.4 is 5.32 Å². The molecule has 1 aromatic heterocycles. The van der Waals surface area contributed by atoms with Crippen molar-refractivity contribution in [2.24, 2.45) is 4.99 Å². The predicted molar refractivity (Wildman–Crippen MR) is 134 cm³/mol. The van der Waals surface area contributed by atoms with Gasteiger partial charge in [-0.25, -0.2) is 9.67 Å². The first kappa shape index (κ1) is 25.9. The van der Waals surface area contributed by atoms with E-state index in [4.69, 9.17) is 4.99 Å². The number of guanidine groups is 1. The Kier molecular flexibility index (Phi) is 10.9. The first-order valence-corrected chi connectivity index (χ1v) is 10.3. The van der Waals surface area contributed by atoms with Crippen molar-refractivity contribution in [3.63, 3.8) is 0 Å². The molecule has 1 N–H and O–H groups in total. The molecule has 2 rings (SSSR count). The summed E-state index contributed by atoms with van der Waals surface area (Å²) in [5.74, 6) is 0.822. The minimum absolute atomic E-state index is 0. The molecule has 1 amide bonds. The molecule has 8 heteroatoms. The Morgan fingerprint density at radius 3 is 2.40 bits per heavy atom. The highest BCUT2D eigenvalue weighted by molar-refractivity contribution is 14.0. The summed E-state index contributed by atoms with van der Waals surface area (Å²) in [6, 6.07) is 10.2. The van der Waals surface area contributed by atoms with Crippen LogP contribution in [0.1, 0.15) is 37.7 Å². The Labute approximate surface area is 197 Å². The molecule has 0 aliphatic carbocycles. The van der Waals surface area contributed by atoms with Crippen molar-refractivity contribution in [1.82, 2.24) is 24.9 Å². The van der Waals surface area contributed by atoms with Gasteiger partial charge < -0.3 is 15.1 Å². The number of aliphatic imine (C=N–C) groups is 1. The standard InChI is InChI=1S/C22H34N6O.HI/c1-7-23-22(26(6)16-21(29)27(8-2)9-3)24-15-19-12-10-11-13-20(19)28-18(5)14-17(4)25-28;/h10-14H,7-9,15-16H2,1-6H3,(H,23,24);1H. The number of benzene rings is 1. The van der Waals surface area contributed by atoms with Crippen molar-refractivity contribution in [3.05, 3.63) is 47.3 Å². The number of aromatic nitrogens is 2. The molecule has 2 aromatic rings. The van der Waals surface area contributed by atoms with Gasteiger partial charge in [0.15, 0.2) is 5.96 Å². The summed E-state index contributed by atoms with van der Waals surface area (Å²) >= 11 is 0. The molecule has 0 radical (unpaired) electrons. The Morgan fingerprint density at radius 2 is 1.83 bits per heavy atom. The van der Waals surface area contributed by atoms with Crippen LogP contribution in [0.15, 0.2) is 35.3 Å². The Bertz CT molecular complexity index is 844. The maximum atomic E-state index is 12.5. The smallest absolute Gasteiger partial charge is 0.242 e. The van der Waals surface area contributed by atoms with Gasteiger partial charge >= 0.3 is 0 Å². The van der Waals surface area contributed by atoms with E-state index in [1.165, 1.54) is 0 Å². The van der Waals surface area contributed by atoms with Gasteiger partial charge in [-0.15, -0.1) is 24.0 Å². The van der Waals surface area contributed by atoms with Crippen molar-refractivity contribution in [3.8, 4) is 5.69 Å². The number of halogens is 1. The van der Waals surface area contributed by atoms with Crippen LogP contribution in [-0.4, -0.2) is 64.7 Å². The normalized spacial score (nSPS) is 11.1. The average molecular weight is 526 g/mol. The van der Waals surface area contributed by atoms with Gasteiger partial charge in [0.25, 0.3) is 0 Å². The number of carbonyl (C=O) groups excluding carboxylic acids is 1. The summed E-state index contributed by atoms with van der Waals surface area (Å²) in [5, 5.41) is 7.90. The topological polar surface area (TPSA) is 65.8 Å². The van der Waals surface area contributed by atoms with Crippen LogP contribution in [0.4, 0.5) is 0 Å². The number of carbonyl (C=O) groups is 1. The van der Waals surface area contributed by atoms with Crippen molar-refractivity contribution in [2.45, 2.75) is 41.2 Å². The van der Waals surface area contributed by atoms with Gasteiger partial charge in [-0.2, -0.15) is 5.10 Å².